The summed E-state index contributed by atoms with van der Waals surface area (Å²) in [5.41, 5.74) is 5.78. The fourth-order valence-electron chi connectivity index (χ4n) is 7.27. The fourth-order valence-corrected chi connectivity index (χ4v) is 9.16. The molecule has 3 aromatic rings. The molecule has 2 aliphatic heterocycles. The standard InChI is InChI=1S/C33H38BrF2N3O4S/c1-2-38(44(41,42)30-16-8-21-17-29(15-7-22(21)18-30)43-28-5-3-4-6-28)31(33(35,36)23-9-11-24(34)12-10-23)32(40)39-26-13-14-27(39)20-25(37)19-26/h7-12,15-18,25-28,31H,2-6,13-14,19-20,37H2,1H3. The Morgan fingerprint density at radius 2 is 1.61 bits per heavy atom. The highest BCUT2D eigenvalue weighted by Crippen LogP contribution is 2.43. The molecular weight excluding hydrogens is 652 g/mol. The number of sulfonamides is 1. The summed E-state index contributed by atoms with van der Waals surface area (Å²) in [7, 11) is -4.54. The van der Waals surface area contributed by atoms with Gasteiger partial charge < -0.3 is 15.4 Å². The molecule has 1 saturated carbocycles. The van der Waals surface area contributed by atoms with Crippen molar-refractivity contribution in [1.82, 2.24) is 9.21 Å². The van der Waals surface area contributed by atoms with E-state index >= 15 is 8.78 Å². The monoisotopic (exact) mass is 689 g/mol. The number of carbonyl (C=O) groups excluding carboxylic acids is 1. The zero-order valence-corrected chi connectivity index (χ0v) is 27.1. The van der Waals surface area contributed by atoms with Crippen LogP contribution in [-0.2, 0) is 20.7 Å². The van der Waals surface area contributed by atoms with E-state index in [-0.39, 0.29) is 35.7 Å². The van der Waals surface area contributed by atoms with Gasteiger partial charge in [-0.25, -0.2) is 8.42 Å². The van der Waals surface area contributed by atoms with E-state index in [1.165, 1.54) is 48.2 Å². The lowest BCUT2D eigenvalue weighted by molar-refractivity contribution is -0.155. The van der Waals surface area contributed by atoms with Gasteiger partial charge in [0, 0.05) is 34.7 Å². The van der Waals surface area contributed by atoms with Crippen LogP contribution in [0.3, 0.4) is 0 Å². The summed E-state index contributed by atoms with van der Waals surface area (Å²) in [6.07, 6.45) is 6.83. The predicted molar refractivity (Wildman–Crippen MR) is 169 cm³/mol. The summed E-state index contributed by atoms with van der Waals surface area (Å²) in [6, 6.07) is 12.4. The highest BCUT2D eigenvalue weighted by atomic mass is 79.9. The van der Waals surface area contributed by atoms with Crippen LogP contribution >= 0.6 is 15.9 Å². The van der Waals surface area contributed by atoms with Gasteiger partial charge in [-0.3, -0.25) is 4.79 Å². The summed E-state index contributed by atoms with van der Waals surface area (Å²) in [4.78, 5) is 15.7. The molecule has 6 rings (SSSR count). The highest BCUT2D eigenvalue weighted by molar-refractivity contribution is 9.10. The number of fused-ring (bicyclic) bond motifs is 3. The molecule has 3 atom stereocenters. The minimum Gasteiger partial charge on any atom is -0.490 e. The quantitative estimate of drug-likeness (QED) is 0.274. The van der Waals surface area contributed by atoms with Crippen molar-refractivity contribution >= 4 is 42.6 Å². The Balaban J connectivity index is 1.38. The first-order valence-corrected chi connectivity index (χ1v) is 17.7. The number of piperidine rings is 1. The molecule has 44 heavy (non-hydrogen) atoms. The Kier molecular flexibility index (Phi) is 8.78. The summed E-state index contributed by atoms with van der Waals surface area (Å²) < 4.78 is 69.2. The van der Waals surface area contributed by atoms with E-state index in [9.17, 15) is 13.2 Å². The number of benzene rings is 3. The van der Waals surface area contributed by atoms with E-state index in [0.29, 0.717) is 45.6 Å². The molecule has 3 unspecified atom stereocenters. The Bertz CT molecular complexity index is 1620. The van der Waals surface area contributed by atoms with Crippen LogP contribution in [-0.4, -0.2) is 60.3 Å². The Morgan fingerprint density at radius 1 is 1.00 bits per heavy atom. The molecule has 2 N–H and O–H groups in total. The van der Waals surface area contributed by atoms with Crippen molar-refractivity contribution in [3.8, 4) is 5.75 Å². The van der Waals surface area contributed by atoms with Crippen molar-refractivity contribution in [3.63, 3.8) is 0 Å². The smallest absolute Gasteiger partial charge is 0.298 e. The first-order chi connectivity index (χ1) is 21.0. The second-order valence-electron chi connectivity index (χ2n) is 12.3. The van der Waals surface area contributed by atoms with Gasteiger partial charge in [-0.05, 0) is 98.5 Å². The first-order valence-electron chi connectivity index (χ1n) is 15.4. The van der Waals surface area contributed by atoms with Gasteiger partial charge in [-0.2, -0.15) is 13.1 Å². The molecule has 0 radical (unpaired) electrons. The van der Waals surface area contributed by atoms with E-state index in [1.54, 1.807) is 18.2 Å². The van der Waals surface area contributed by atoms with Crippen molar-refractivity contribution in [1.29, 1.82) is 0 Å². The number of nitrogens with two attached hydrogens (primary N) is 1. The summed E-state index contributed by atoms with van der Waals surface area (Å²) in [6.45, 7) is 1.17. The molecule has 2 bridgehead atoms. The topological polar surface area (TPSA) is 92.9 Å². The predicted octanol–water partition coefficient (Wildman–Crippen LogP) is 6.58. The van der Waals surface area contributed by atoms with Gasteiger partial charge >= 0.3 is 0 Å². The zero-order valence-electron chi connectivity index (χ0n) is 24.7. The van der Waals surface area contributed by atoms with Crippen LogP contribution in [0.25, 0.3) is 10.8 Å². The molecule has 2 heterocycles. The molecule has 3 aromatic carbocycles. The minimum atomic E-state index is -4.54. The molecule has 0 aromatic heterocycles. The zero-order chi connectivity index (χ0) is 31.2. The maximum atomic E-state index is 16.6. The number of rotatable bonds is 9. The van der Waals surface area contributed by atoms with Crippen molar-refractivity contribution in [2.45, 2.75) is 99.4 Å². The number of amides is 1. The Labute approximate surface area is 265 Å². The molecule has 2 saturated heterocycles. The normalized spacial score (nSPS) is 23.4. The van der Waals surface area contributed by atoms with Crippen LogP contribution in [0.2, 0.25) is 0 Å². The van der Waals surface area contributed by atoms with Crippen LogP contribution < -0.4 is 10.5 Å². The molecule has 7 nitrogen and oxygen atoms in total. The SMILES string of the molecule is CCN(C(C(=O)N1C2CCC1CC(N)C2)C(F)(F)c1ccc(Br)cc1)S(=O)(=O)c1ccc2cc(OC3CCCC3)ccc2c1. The number of ether oxygens (including phenoxy) is 1. The van der Waals surface area contributed by atoms with Gasteiger partial charge in [0.2, 0.25) is 15.9 Å². The molecule has 11 heteroatoms. The lowest BCUT2D eigenvalue weighted by Gasteiger charge is -2.43. The average molecular weight is 691 g/mol. The summed E-state index contributed by atoms with van der Waals surface area (Å²) in [5, 5.41) is 1.41. The summed E-state index contributed by atoms with van der Waals surface area (Å²) >= 11 is 3.27. The van der Waals surface area contributed by atoms with E-state index in [1.807, 2.05) is 6.07 Å². The van der Waals surface area contributed by atoms with Crippen molar-refractivity contribution in [2.75, 3.05) is 6.54 Å². The van der Waals surface area contributed by atoms with Crippen LogP contribution in [0.4, 0.5) is 8.78 Å². The lowest BCUT2D eigenvalue weighted by Crippen LogP contribution is -2.61. The number of likely N-dealkylation sites (N-methyl/N-ethyl adjacent to an activating group) is 1. The fraction of sp³-hybridized carbons (Fsp3) is 0.485. The molecular formula is C33H38BrF2N3O4S. The Morgan fingerprint density at radius 3 is 2.25 bits per heavy atom. The molecule has 3 fully saturated rings. The first kappa shape index (κ1) is 31.4. The number of halogens is 3. The largest absolute Gasteiger partial charge is 0.490 e. The molecule has 3 aliphatic rings. The van der Waals surface area contributed by atoms with E-state index in [0.717, 1.165) is 31.1 Å². The maximum absolute atomic E-state index is 16.6. The van der Waals surface area contributed by atoms with E-state index in [2.05, 4.69) is 15.9 Å². The molecule has 1 aliphatic carbocycles. The second kappa shape index (κ2) is 12.3. The van der Waals surface area contributed by atoms with E-state index in [4.69, 9.17) is 10.5 Å². The molecule has 236 valence electrons. The number of nitrogens with zero attached hydrogens (tertiary/aromatic N) is 2. The van der Waals surface area contributed by atoms with Crippen LogP contribution in [0.1, 0.15) is 63.9 Å². The van der Waals surface area contributed by atoms with Gasteiger partial charge in [0.05, 0.1) is 11.0 Å². The third-order valence-corrected chi connectivity index (χ3v) is 11.9. The van der Waals surface area contributed by atoms with E-state index < -0.39 is 33.5 Å². The Hall–Kier alpha value is -2.60. The maximum Gasteiger partial charge on any atom is 0.298 e. The third kappa shape index (κ3) is 5.88. The second-order valence-corrected chi connectivity index (χ2v) is 15.1. The highest BCUT2D eigenvalue weighted by Gasteiger charge is 2.56. The van der Waals surface area contributed by atoms with Gasteiger partial charge in [0.15, 0.2) is 6.04 Å². The molecule has 0 spiro atoms. The number of carbonyl (C=O) groups is 1. The number of hydrogen-bond donors (Lipinski definition) is 1. The van der Waals surface area contributed by atoms with Gasteiger partial charge in [0.25, 0.3) is 5.92 Å². The lowest BCUT2D eigenvalue weighted by atomic mass is 9.94. The van der Waals surface area contributed by atoms with Crippen LogP contribution in [0.5, 0.6) is 5.75 Å². The number of alkyl halides is 2. The van der Waals surface area contributed by atoms with Crippen LogP contribution in [0, 0.1) is 0 Å². The third-order valence-electron chi connectivity index (χ3n) is 9.42. The van der Waals surface area contributed by atoms with Gasteiger partial charge in [0.1, 0.15) is 5.75 Å². The average Bonchev–Trinajstić information content (AvgIpc) is 3.60. The van der Waals surface area contributed by atoms with Crippen molar-refractivity contribution in [3.05, 3.63) is 70.7 Å². The van der Waals surface area contributed by atoms with Crippen molar-refractivity contribution < 1.29 is 26.7 Å². The van der Waals surface area contributed by atoms with Crippen molar-refractivity contribution in [2.24, 2.45) is 5.73 Å². The van der Waals surface area contributed by atoms with Gasteiger partial charge in [-0.15, -0.1) is 0 Å². The molecule has 1 amide bonds. The van der Waals surface area contributed by atoms with Gasteiger partial charge in [-0.1, -0.05) is 47.1 Å². The minimum absolute atomic E-state index is 0.116. The number of hydrogen-bond acceptors (Lipinski definition) is 5. The van der Waals surface area contributed by atoms with Crippen LogP contribution in [0.15, 0.2) is 70.0 Å². The summed E-state index contributed by atoms with van der Waals surface area (Å²) in [5.74, 6) is -3.98.